The van der Waals surface area contributed by atoms with E-state index >= 15 is 0 Å². The average Bonchev–Trinajstić information content (AvgIpc) is 2.48. The quantitative estimate of drug-likeness (QED) is 0.861. The molecule has 1 amide bonds. The molecule has 0 aromatic rings. The zero-order chi connectivity index (χ0) is 15.5. The number of hydrogen-bond donors (Lipinski definition) is 1. The van der Waals surface area contributed by atoms with Gasteiger partial charge in [-0.15, -0.1) is 0 Å². The van der Waals surface area contributed by atoms with Crippen molar-refractivity contribution in [2.24, 2.45) is 5.41 Å². The van der Waals surface area contributed by atoms with Crippen LogP contribution in [0.2, 0.25) is 0 Å². The van der Waals surface area contributed by atoms with Crippen LogP contribution in [-0.2, 0) is 9.59 Å². The minimum atomic E-state index is -0.680. The van der Waals surface area contributed by atoms with Crippen LogP contribution in [0.3, 0.4) is 0 Å². The normalized spacial score (nSPS) is 26.6. The third-order valence-electron chi connectivity index (χ3n) is 5.43. The molecule has 0 aromatic carbocycles. The number of rotatable bonds is 4. The zero-order valence-electron chi connectivity index (χ0n) is 13.3. The number of hydrogen-bond acceptors (Lipinski definition) is 3. The third-order valence-corrected chi connectivity index (χ3v) is 5.43. The maximum absolute atomic E-state index is 12.4. The molecule has 0 aromatic heterocycles. The number of likely N-dealkylation sites (tertiary alicyclic amines) is 2. The van der Waals surface area contributed by atoms with Crippen molar-refractivity contribution in [3.05, 3.63) is 0 Å². The van der Waals surface area contributed by atoms with Gasteiger partial charge in [-0.1, -0.05) is 6.92 Å². The first-order valence-electron chi connectivity index (χ1n) is 8.24. The molecule has 0 radical (unpaired) electrons. The number of aliphatic carboxylic acids is 1. The van der Waals surface area contributed by atoms with Gasteiger partial charge < -0.3 is 10.0 Å². The Kier molecular flexibility index (Phi) is 5.25. The molecule has 2 saturated heterocycles. The second kappa shape index (κ2) is 6.77. The van der Waals surface area contributed by atoms with Crippen molar-refractivity contribution in [1.82, 2.24) is 9.80 Å². The monoisotopic (exact) mass is 296 g/mol. The SMILES string of the molecule is CCC1(C(=O)O)CCN(CC(=O)N2CCCCC2C)CC1. The minimum Gasteiger partial charge on any atom is -0.481 e. The van der Waals surface area contributed by atoms with Crippen LogP contribution < -0.4 is 0 Å². The van der Waals surface area contributed by atoms with E-state index in [0.29, 0.717) is 44.9 Å². The van der Waals surface area contributed by atoms with Gasteiger partial charge in [-0.05, 0) is 58.5 Å². The van der Waals surface area contributed by atoms with E-state index in [-0.39, 0.29) is 5.91 Å². The summed E-state index contributed by atoms with van der Waals surface area (Å²) in [6.07, 6.45) is 5.40. The Morgan fingerprint density at radius 2 is 1.86 bits per heavy atom. The summed E-state index contributed by atoms with van der Waals surface area (Å²) in [5.41, 5.74) is -0.571. The lowest BCUT2D eigenvalue weighted by atomic mass is 9.76. The highest BCUT2D eigenvalue weighted by Crippen LogP contribution is 2.35. The van der Waals surface area contributed by atoms with Crippen molar-refractivity contribution in [3.63, 3.8) is 0 Å². The molecule has 1 atom stereocenters. The van der Waals surface area contributed by atoms with E-state index in [1.54, 1.807) is 0 Å². The Bertz CT molecular complexity index is 389. The largest absolute Gasteiger partial charge is 0.481 e. The summed E-state index contributed by atoms with van der Waals surface area (Å²) in [5, 5.41) is 9.40. The van der Waals surface area contributed by atoms with Gasteiger partial charge >= 0.3 is 5.97 Å². The van der Waals surface area contributed by atoms with Crippen LogP contribution in [0.1, 0.15) is 52.4 Å². The number of carbonyl (C=O) groups excluding carboxylic acids is 1. The van der Waals surface area contributed by atoms with Crippen LogP contribution in [0, 0.1) is 5.41 Å². The Morgan fingerprint density at radius 1 is 1.19 bits per heavy atom. The van der Waals surface area contributed by atoms with E-state index in [1.807, 2.05) is 11.8 Å². The summed E-state index contributed by atoms with van der Waals surface area (Å²) < 4.78 is 0. The van der Waals surface area contributed by atoms with Gasteiger partial charge in [0, 0.05) is 12.6 Å². The van der Waals surface area contributed by atoms with Gasteiger partial charge in [-0.25, -0.2) is 0 Å². The summed E-state index contributed by atoms with van der Waals surface area (Å²) in [7, 11) is 0. The predicted octanol–water partition coefficient (Wildman–Crippen LogP) is 1.96. The van der Waals surface area contributed by atoms with E-state index in [0.717, 1.165) is 19.4 Å². The molecule has 2 heterocycles. The highest BCUT2D eigenvalue weighted by Gasteiger charge is 2.40. The number of piperidine rings is 2. The van der Waals surface area contributed by atoms with Crippen molar-refractivity contribution in [2.75, 3.05) is 26.2 Å². The molecular formula is C16H28N2O3. The first-order chi connectivity index (χ1) is 9.98. The topological polar surface area (TPSA) is 60.9 Å². The Balaban J connectivity index is 1.85. The molecular weight excluding hydrogens is 268 g/mol. The number of carbonyl (C=O) groups is 2. The fourth-order valence-corrected chi connectivity index (χ4v) is 3.61. The Hall–Kier alpha value is -1.10. The molecule has 1 unspecified atom stereocenters. The Labute approximate surface area is 127 Å². The first kappa shape index (κ1) is 16.3. The lowest BCUT2D eigenvalue weighted by Crippen LogP contribution is -2.50. The van der Waals surface area contributed by atoms with Gasteiger partial charge in [0.15, 0.2) is 0 Å². The molecule has 0 aliphatic carbocycles. The fourth-order valence-electron chi connectivity index (χ4n) is 3.61. The molecule has 1 N–H and O–H groups in total. The highest BCUT2D eigenvalue weighted by atomic mass is 16.4. The molecule has 0 bridgehead atoms. The van der Waals surface area contributed by atoms with E-state index in [9.17, 15) is 14.7 Å². The van der Waals surface area contributed by atoms with E-state index < -0.39 is 11.4 Å². The van der Waals surface area contributed by atoms with Gasteiger partial charge in [0.25, 0.3) is 0 Å². The van der Waals surface area contributed by atoms with E-state index in [1.165, 1.54) is 6.42 Å². The van der Waals surface area contributed by atoms with Crippen LogP contribution in [0.15, 0.2) is 0 Å². The molecule has 2 aliphatic rings. The number of carboxylic acids is 1. The summed E-state index contributed by atoms with van der Waals surface area (Å²) in [6, 6.07) is 0.352. The number of amides is 1. The number of carboxylic acid groups (broad SMARTS) is 1. The van der Waals surface area contributed by atoms with Gasteiger partial charge in [-0.2, -0.15) is 0 Å². The standard InChI is InChI=1S/C16H28N2O3/c1-3-16(15(20)21)7-10-17(11-8-16)12-14(19)18-9-5-4-6-13(18)2/h13H,3-12H2,1-2H3,(H,20,21). The van der Waals surface area contributed by atoms with Crippen molar-refractivity contribution in [1.29, 1.82) is 0 Å². The third kappa shape index (κ3) is 3.57. The van der Waals surface area contributed by atoms with Crippen LogP contribution in [0.5, 0.6) is 0 Å². The molecule has 0 saturated carbocycles. The lowest BCUT2D eigenvalue weighted by molar-refractivity contribution is -0.152. The molecule has 5 heteroatoms. The van der Waals surface area contributed by atoms with Crippen molar-refractivity contribution < 1.29 is 14.7 Å². The van der Waals surface area contributed by atoms with Crippen LogP contribution in [0.25, 0.3) is 0 Å². The highest BCUT2D eigenvalue weighted by molar-refractivity contribution is 5.79. The van der Waals surface area contributed by atoms with Crippen LogP contribution in [-0.4, -0.2) is 59.0 Å². The zero-order valence-corrected chi connectivity index (χ0v) is 13.3. The second-order valence-corrected chi connectivity index (χ2v) is 6.65. The van der Waals surface area contributed by atoms with E-state index in [4.69, 9.17) is 0 Å². The molecule has 0 spiro atoms. The average molecular weight is 296 g/mol. The number of nitrogens with zero attached hydrogens (tertiary/aromatic N) is 2. The maximum atomic E-state index is 12.4. The smallest absolute Gasteiger partial charge is 0.309 e. The van der Waals surface area contributed by atoms with Crippen molar-refractivity contribution in [2.45, 2.75) is 58.4 Å². The Morgan fingerprint density at radius 3 is 2.38 bits per heavy atom. The molecule has 21 heavy (non-hydrogen) atoms. The second-order valence-electron chi connectivity index (χ2n) is 6.65. The lowest BCUT2D eigenvalue weighted by Gasteiger charge is -2.40. The van der Waals surface area contributed by atoms with Crippen LogP contribution >= 0.6 is 0 Å². The summed E-state index contributed by atoms with van der Waals surface area (Å²) in [6.45, 7) is 6.83. The molecule has 2 rings (SSSR count). The van der Waals surface area contributed by atoms with Gasteiger partial charge in [-0.3, -0.25) is 14.5 Å². The molecule has 120 valence electrons. The van der Waals surface area contributed by atoms with Crippen molar-refractivity contribution >= 4 is 11.9 Å². The summed E-state index contributed by atoms with van der Waals surface area (Å²) >= 11 is 0. The fraction of sp³-hybridized carbons (Fsp3) is 0.875. The van der Waals surface area contributed by atoms with E-state index in [2.05, 4.69) is 11.8 Å². The molecule has 2 aliphatic heterocycles. The minimum absolute atomic E-state index is 0.210. The predicted molar refractivity (Wildman–Crippen MR) is 81.1 cm³/mol. The summed E-state index contributed by atoms with van der Waals surface area (Å²) in [4.78, 5) is 28.0. The molecule has 5 nitrogen and oxygen atoms in total. The van der Waals surface area contributed by atoms with Gasteiger partial charge in [0.05, 0.1) is 12.0 Å². The maximum Gasteiger partial charge on any atom is 0.309 e. The van der Waals surface area contributed by atoms with Crippen LogP contribution in [0.4, 0.5) is 0 Å². The molecule has 2 fully saturated rings. The van der Waals surface area contributed by atoms with Gasteiger partial charge in [0.1, 0.15) is 0 Å². The first-order valence-corrected chi connectivity index (χ1v) is 8.24. The van der Waals surface area contributed by atoms with Gasteiger partial charge in [0.2, 0.25) is 5.91 Å². The van der Waals surface area contributed by atoms with Crippen molar-refractivity contribution in [3.8, 4) is 0 Å². The summed E-state index contributed by atoms with van der Waals surface area (Å²) in [5.74, 6) is -0.470.